The molecular weight excluding hydrogens is 256 g/mol. The molecule has 5 nitrogen and oxygen atoms in total. The number of urea groups is 1. The van der Waals surface area contributed by atoms with Crippen molar-refractivity contribution in [2.45, 2.75) is 39.5 Å². The molecule has 0 radical (unpaired) electrons. The summed E-state index contributed by atoms with van der Waals surface area (Å²) in [4.78, 5) is 25.3. The number of hydrogen-bond acceptors (Lipinski definition) is 3. The van der Waals surface area contributed by atoms with Crippen LogP contribution in [0.15, 0.2) is 24.3 Å². The SMILES string of the molecule is CC(C)CC1NC(=O)N(Cc2ccc(CO)cc2)C1=O. The third kappa shape index (κ3) is 3.17. The molecule has 1 unspecified atom stereocenters. The Kier molecular flexibility index (Phi) is 4.39. The molecule has 2 rings (SSSR count). The van der Waals surface area contributed by atoms with Crippen LogP contribution in [0, 0.1) is 5.92 Å². The van der Waals surface area contributed by atoms with E-state index in [1.165, 1.54) is 4.90 Å². The Labute approximate surface area is 118 Å². The van der Waals surface area contributed by atoms with Crippen LogP contribution < -0.4 is 5.32 Å². The second-order valence-corrected chi connectivity index (χ2v) is 5.53. The number of imide groups is 1. The summed E-state index contributed by atoms with van der Waals surface area (Å²) in [6.45, 7) is 4.30. The molecule has 0 spiro atoms. The van der Waals surface area contributed by atoms with Gasteiger partial charge in [-0.1, -0.05) is 38.1 Å². The smallest absolute Gasteiger partial charge is 0.325 e. The van der Waals surface area contributed by atoms with Gasteiger partial charge in [-0.15, -0.1) is 0 Å². The van der Waals surface area contributed by atoms with Gasteiger partial charge in [0.05, 0.1) is 13.2 Å². The van der Waals surface area contributed by atoms with Crippen LogP contribution in [-0.4, -0.2) is 28.0 Å². The Bertz CT molecular complexity index is 496. The Hall–Kier alpha value is -1.88. The van der Waals surface area contributed by atoms with Crippen molar-refractivity contribution in [1.29, 1.82) is 0 Å². The molecule has 1 atom stereocenters. The van der Waals surface area contributed by atoms with Crippen molar-refractivity contribution in [3.05, 3.63) is 35.4 Å². The summed E-state index contributed by atoms with van der Waals surface area (Å²) in [7, 11) is 0. The maximum absolute atomic E-state index is 12.2. The fourth-order valence-electron chi connectivity index (χ4n) is 2.29. The van der Waals surface area contributed by atoms with E-state index in [0.29, 0.717) is 12.3 Å². The van der Waals surface area contributed by atoms with E-state index in [1.54, 1.807) is 12.1 Å². The maximum atomic E-state index is 12.2. The molecule has 108 valence electrons. The summed E-state index contributed by atoms with van der Waals surface area (Å²) in [6.07, 6.45) is 0.657. The average molecular weight is 276 g/mol. The van der Waals surface area contributed by atoms with Gasteiger partial charge in [0, 0.05) is 0 Å². The van der Waals surface area contributed by atoms with Gasteiger partial charge in [-0.05, 0) is 23.5 Å². The van der Waals surface area contributed by atoms with Crippen LogP contribution in [0.3, 0.4) is 0 Å². The van der Waals surface area contributed by atoms with E-state index >= 15 is 0 Å². The highest BCUT2D eigenvalue weighted by molar-refractivity contribution is 6.04. The van der Waals surface area contributed by atoms with Crippen molar-refractivity contribution in [3.63, 3.8) is 0 Å². The summed E-state index contributed by atoms with van der Waals surface area (Å²) in [5, 5.41) is 11.7. The minimum Gasteiger partial charge on any atom is -0.392 e. The summed E-state index contributed by atoms with van der Waals surface area (Å²) in [5.74, 6) is 0.197. The molecule has 3 amide bonds. The predicted octanol–water partition coefficient (Wildman–Crippen LogP) is 1.65. The molecule has 0 aromatic heterocycles. The Morgan fingerprint density at radius 3 is 2.35 bits per heavy atom. The van der Waals surface area contributed by atoms with E-state index in [1.807, 2.05) is 26.0 Å². The van der Waals surface area contributed by atoms with Crippen molar-refractivity contribution in [2.24, 2.45) is 5.92 Å². The van der Waals surface area contributed by atoms with Gasteiger partial charge >= 0.3 is 6.03 Å². The number of rotatable bonds is 5. The van der Waals surface area contributed by atoms with Crippen LogP contribution >= 0.6 is 0 Å². The van der Waals surface area contributed by atoms with Crippen molar-refractivity contribution in [3.8, 4) is 0 Å². The lowest BCUT2D eigenvalue weighted by Gasteiger charge is -2.14. The molecule has 1 aliphatic rings. The summed E-state index contributed by atoms with van der Waals surface area (Å²) in [5.41, 5.74) is 1.68. The highest BCUT2D eigenvalue weighted by atomic mass is 16.3. The van der Waals surface area contributed by atoms with Gasteiger partial charge in [0.2, 0.25) is 0 Å². The molecule has 1 aromatic carbocycles. The Morgan fingerprint density at radius 2 is 1.80 bits per heavy atom. The lowest BCUT2D eigenvalue weighted by Crippen LogP contribution is -2.31. The number of benzene rings is 1. The third-order valence-corrected chi connectivity index (χ3v) is 3.36. The van der Waals surface area contributed by atoms with Crippen LogP contribution in [-0.2, 0) is 17.9 Å². The molecule has 1 fully saturated rings. The number of nitrogens with zero attached hydrogens (tertiary/aromatic N) is 1. The van der Waals surface area contributed by atoms with Gasteiger partial charge in [0.1, 0.15) is 6.04 Å². The number of aliphatic hydroxyl groups excluding tert-OH is 1. The zero-order chi connectivity index (χ0) is 14.7. The molecule has 20 heavy (non-hydrogen) atoms. The molecule has 1 aromatic rings. The molecule has 2 N–H and O–H groups in total. The van der Waals surface area contributed by atoms with Crippen molar-refractivity contribution >= 4 is 11.9 Å². The van der Waals surface area contributed by atoms with Crippen LogP contribution in [0.25, 0.3) is 0 Å². The first-order valence-corrected chi connectivity index (χ1v) is 6.81. The highest BCUT2D eigenvalue weighted by Crippen LogP contribution is 2.17. The summed E-state index contributed by atoms with van der Waals surface area (Å²) >= 11 is 0. The minimum absolute atomic E-state index is 0.0140. The third-order valence-electron chi connectivity index (χ3n) is 3.36. The van der Waals surface area contributed by atoms with E-state index in [9.17, 15) is 9.59 Å². The maximum Gasteiger partial charge on any atom is 0.325 e. The number of aliphatic hydroxyl groups is 1. The van der Waals surface area contributed by atoms with Crippen LogP contribution in [0.4, 0.5) is 4.79 Å². The van der Waals surface area contributed by atoms with Crippen molar-refractivity contribution in [1.82, 2.24) is 10.2 Å². The van der Waals surface area contributed by atoms with E-state index in [2.05, 4.69) is 5.32 Å². The molecule has 0 saturated carbocycles. The van der Waals surface area contributed by atoms with Gasteiger partial charge in [0.15, 0.2) is 0 Å². The number of carbonyl (C=O) groups excluding carboxylic acids is 2. The normalized spacial score (nSPS) is 18.8. The molecule has 0 aliphatic carbocycles. The van der Waals surface area contributed by atoms with Crippen molar-refractivity contribution in [2.75, 3.05) is 0 Å². The quantitative estimate of drug-likeness (QED) is 0.803. The highest BCUT2D eigenvalue weighted by Gasteiger charge is 2.37. The first-order valence-electron chi connectivity index (χ1n) is 6.81. The number of amides is 3. The van der Waals surface area contributed by atoms with Gasteiger partial charge in [0.25, 0.3) is 5.91 Å². The van der Waals surface area contributed by atoms with E-state index < -0.39 is 6.04 Å². The molecule has 5 heteroatoms. The van der Waals surface area contributed by atoms with E-state index in [-0.39, 0.29) is 25.1 Å². The molecule has 1 saturated heterocycles. The van der Waals surface area contributed by atoms with Crippen LogP contribution in [0.5, 0.6) is 0 Å². The van der Waals surface area contributed by atoms with Gasteiger partial charge < -0.3 is 10.4 Å². The first kappa shape index (κ1) is 14.5. The summed E-state index contributed by atoms with van der Waals surface area (Å²) < 4.78 is 0. The Balaban J connectivity index is 2.04. The molecule has 1 aliphatic heterocycles. The summed E-state index contributed by atoms with van der Waals surface area (Å²) in [6, 6.07) is 6.49. The lowest BCUT2D eigenvalue weighted by molar-refractivity contribution is -0.128. The second-order valence-electron chi connectivity index (χ2n) is 5.53. The monoisotopic (exact) mass is 276 g/mol. The largest absolute Gasteiger partial charge is 0.392 e. The zero-order valence-corrected chi connectivity index (χ0v) is 11.8. The lowest BCUT2D eigenvalue weighted by atomic mass is 10.0. The number of carbonyl (C=O) groups is 2. The fourth-order valence-corrected chi connectivity index (χ4v) is 2.29. The number of hydrogen-bond donors (Lipinski definition) is 2. The van der Waals surface area contributed by atoms with Gasteiger partial charge in [-0.25, -0.2) is 4.79 Å². The van der Waals surface area contributed by atoms with Gasteiger partial charge in [-0.2, -0.15) is 0 Å². The van der Waals surface area contributed by atoms with Crippen molar-refractivity contribution < 1.29 is 14.7 Å². The molecular formula is C15H20N2O3. The molecule has 0 bridgehead atoms. The average Bonchev–Trinajstić information content (AvgIpc) is 2.66. The first-order chi connectivity index (χ1) is 9.51. The standard InChI is InChI=1S/C15H20N2O3/c1-10(2)7-13-14(19)17(15(20)16-13)8-11-3-5-12(9-18)6-4-11/h3-6,10,13,18H,7-9H2,1-2H3,(H,16,20). The van der Waals surface area contributed by atoms with Crippen LogP contribution in [0.2, 0.25) is 0 Å². The minimum atomic E-state index is -0.404. The van der Waals surface area contributed by atoms with Crippen LogP contribution in [0.1, 0.15) is 31.4 Å². The number of nitrogens with one attached hydrogen (secondary N) is 1. The Morgan fingerprint density at radius 1 is 1.20 bits per heavy atom. The molecule has 1 heterocycles. The fraction of sp³-hybridized carbons (Fsp3) is 0.467. The van der Waals surface area contributed by atoms with E-state index in [4.69, 9.17) is 5.11 Å². The van der Waals surface area contributed by atoms with E-state index in [0.717, 1.165) is 11.1 Å². The topological polar surface area (TPSA) is 69.6 Å². The zero-order valence-electron chi connectivity index (χ0n) is 11.8. The van der Waals surface area contributed by atoms with Gasteiger partial charge in [-0.3, -0.25) is 9.69 Å². The second kappa shape index (κ2) is 6.05. The predicted molar refractivity (Wildman–Crippen MR) is 74.7 cm³/mol.